The molecule has 1 amide bonds. The zero-order chi connectivity index (χ0) is 17.6. The van der Waals surface area contributed by atoms with Gasteiger partial charge in [0.1, 0.15) is 0 Å². The molecule has 4 nitrogen and oxygen atoms in total. The molecule has 3 unspecified atom stereocenters. The second-order valence-corrected chi connectivity index (χ2v) is 8.96. The number of hydrogen-bond donors (Lipinski definition) is 1. The summed E-state index contributed by atoms with van der Waals surface area (Å²) in [6, 6.07) is 0.736. The number of carbonyl (C=O) groups is 1. The van der Waals surface area contributed by atoms with Gasteiger partial charge in [0, 0.05) is 32.1 Å². The summed E-state index contributed by atoms with van der Waals surface area (Å²) in [6.45, 7) is 11.4. The van der Waals surface area contributed by atoms with Crippen molar-refractivity contribution in [3.63, 3.8) is 0 Å². The highest BCUT2D eigenvalue weighted by atomic mass is 16.2. The molecule has 0 radical (unpaired) electrons. The highest BCUT2D eigenvalue weighted by molar-refractivity contribution is 5.76. The zero-order valence-electron chi connectivity index (χ0n) is 16.5. The second kappa shape index (κ2) is 9.36. The Balaban J connectivity index is 1.45. The summed E-state index contributed by atoms with van der Waals surface area (Å²) in [4.78, 5) is 17.7. The molecule has 3 atom stereocenters. The fourth-order valence-electron chi connectivity index (χ4n) is 5.19. The molecule has 0 aliphatic carbocycles. The van der Waals surface area contributed by atoms with E-state index in [1.807, 2.05) is 0 Å². The van der Waals surface area contributed by atoms with Gasteiger partial charge in [-0.15, -0.1) is 0 Å². The molecule has 0 bridgehead atoms. The monoisotopic (exact) mass is 349 g/mol. The van der Waals surface area contributed by atoms with Crippen LogP contribution in [0.2, 0.25) is 0 Å². The van der Waals surface area contributed by atoms with Crippen LogP contribution in [0, 0.1) is 17.8 Å². The van der Waals surface area contributed by atoms with Gasteiger partial charge in [0.25, 0.3) is 0 Å². The van der Waals surface area contributed by atoms with E-state index in [-0.39, 0.29) is 0 Å². The van der Waals surface area contributed by atoms with Gasteiger partial charge in [-0.2, -0.15) is 0 Å². The van der Waals surface area contributed by atoms with E-state index in [4.69, 9.17) is 0 Å². The Kier molecular flexibility index (Phi) is 7.18. The summed E-state index contributed by atoms with van der Waals surface area (Å²) < 4.78 is 0. The number of piperidine rings is 3. The summed E-state index contributed by atoms with van der Waals surface area (Å²) in [6.07, 6.45) is 9.83. The van der Waals surface area contributed by atoms with E-state index in [1.165, 1.54) is 58.0 Å². The molecular formula is C21H39N3O. The lowest BCUT2D eigenvalue weighted by Crippen LogP contribution is -2.47. The van der Waals surface area contributed by atoms with Crippen molar-refractivity contribution >= 4 is 5.91 Å². The first-order valence-corrected chi connectivity index (χ1v) is 10.9. The molecule has 144 valence electrons. The average Bonchev–Trinajstić information content (AvgIpc) is 2.64. The molecule has 3 saturated heterocycles. The van der Waals surface area contributed by atoms with Crippen LogP contribution in [0.15, 0.2) is 0 Å². The number of nitrogens with zero attached hydrogens (tertiary/aromatic N) is 2. The Morgan fingerprint density at radius 3 is 2.64 bits per heavy atom. The van der Waals surface area contributed by atoms with Gasteiger partial charge in [0.05, 0.1) is 0 Å². The van der Waals surface area contributed by atoms with Crippen molar-refractivity contribution in [2.24, 2.45) is 17.8 Å². The standard InChI is InChI=1S/C21H39N3O/c1-17(20-8-10-22-11-9-20)14-21(25)24-13-5-7-19(16-24)15-23-12-4-3-6-18(23)2/h17-20,22H,3-16H2,1-2H3. The first kappa shape index (κ1) is 19.2. The van der Waals surface area contributed by atoms with Crippen LogP contribution in [0.25, 0.3) is 0 Å². The number of carbonyl (C=O) groups excluding carboxylic acids is 1. The van der Waals surface area contributed by atoms with E-state index >= 15 is 0 Å². The third-order valence-corrected chi connectivity index (χ3v) is 6.99. The van der Waals surface area contributed by atoms with Crippen LogP contribution in [0.1, 0.15) is 65.2 Å². The van der Waals surface area contributed by atoms with Gasteiger partial charge in [0.15, 0.2) is 0 Å². The van der Waals surface area contributed by atoms with Crippen molar-refractivity contribution in [1.29, 1.82) is 0 Å². The zero-order valence-corrected chi connectivity index (χ0v) is 16.5. The van der Waals surface area contributed by atoms with Crippen molar-refractivity contribution in [3.8, 4) is 0 Å². The smallest absolute Gasteiger partial charge is 0.222 e. The molecule has 0 spiro atoms. The predicted molar refractivity (Wildman–Crippen MR) is 104 cm³/mol. The topological polar surface area (TPSA) is 35.6 Å². The molecule has 4 heteroatoms. The van der Waals surface area contributed by atoms with Crippen molar-refractivity contribution in [3.05, 3.63) is 0 Å². The molecule has 1 N–H and O–H groups in total. The Labute approximate surface area is 154 Å². The number of nitrogens with one attached hydrogen (secondary N) is 1. The Morgan fingerprint density at radius 2 is 1.88 bits per heavy atom. The molecular weight excluding hydrogens is 310 g/mol. The molecule has 0 aromatic heterocycles. The third-order valence-electron chi connectivity index (χ3n) is 6.99. The number of likely N-dealkylation sites (tertiary alicyclic amines) is 2. The normalized spacial score (nSPS) is 31.0. The molecule has 3 fully saturated rings. The fraction of sp³-hybridized carbons (Fsp3) is 0.952. The Hall–Kier alpha value is -0.610. The Morgan fingerprint density at radius 1 is 1.08 bits per heavy atom. The van der Waals surface area contributed by atoms with Crippen molar-refractivity contribution in [2.75, 3.05) is 39.3 Å². The minimum absolute atomic E-state index is 0.419. The van der Waals surface area contributed by atoms with Crippen LogP contribution in [0.3, 0.4) is 0 Å². The fourth-order valence-corrected chi connectivity index (χ4v) is 5.19. The van der Waals surface area contributed by atoms with E-state index in [2.05, 4.69) is 29.0 Å². The first-order chi connectivity index (χ1) is 12.1. The van der Waals surface area contributed by atoms with Crippen molar-refractivity contribution in [1.82, 2.24) is 15.1 Å². The Bertz CT molecular complexity index is 421. The molecule has 0 aromatic rings. The molecule has 3 heterocycles. The number of amides is 1. The van der Waals surface area contributed by atoms with Gasteiger partial charge >= 0.3 is 0 Å². The highest BCUT2D eigenvalue weighted by Crippen LogP contribution is 2.27. The van der Waals surface area contributed by atoms with Crippen molar-refractivity contribution in [2.45, 2.75) is 71.3 Å². The summed E-state index contributed by atoms with van der Waals surface area (Å²) in [5.74, 6) is 2.38. The van der Waals surface area contributed by atoms with Crippen LogP contribution >= 0.6 is 0 Å². The predicted octanol–water partition coefficient (Wildman–Crippen LogP) is 3.13. The highest BCUT2D eigenvalue weighted by Gasteiger charge is 2.29. The van der Waals surface area contributed by atoms with Crippen LogP contribution in [0.5, 0.6) is 0 Å². The van der Waals surface area contributed by atoms with Crippen LogP contribution in [-0.4, -0.2) is 61.0 Å². The quantitative estimate of drug-likeness (QED) is 0.828. The van der Waals surface area contributed by atoms with Crippen molar-refractivity contribution < 1.29 is 4.79 Å². The largest absolute Gasteiger partial charge is 0.342 e. The minimum Gasteiger partial charge on any atom is -0.342 e. The molecule has 3 aliphatic heterocycles. The third kappa shape index (κ3) is 5.43. The van der Waals surface area contributed by atoms with Gasteiger partial charge in [0.2, 0.25) is 5.91 Å². The van der Waals surface area contributed by atoms with E-state index in [0.717, 1.165) is 44.6 Å². The maximum atomic E-state index is 12.8. The van der Waals surface area contributed by atoms with E-state index in [1.54, 1.807) is 0 Å². The number of hydrogen-bond acceptors (Lipinski definition) is 3. The van der Waals surface area contributed by atoms with Crippen LogP contribution in [0.4, 0.5) is 0 Å². The van der Waals surface area contributed by atoms with Gasteiger partial charge in [-0.25, -0.2) is 0 Å². The molecule has 0 aromatic carbocycles. The van der Waals surface area contributed by atoms with Gasteiger partial charge < -0.3 is 15.1 Å². The maximum Gasteiger partial charge on any atom is 0.222 e. The molecule has 3 rings (SSSR count). The molecule has 3 aliphatic rings. The summed E-state index contributed by atoms with van der Waals surface area (Å²) in [7, 11) is 0. The van der Waals surface area contributed by atoms with E-state index in [9.17, 15) is 4.79 Å². The lowest BCUT2D eigenvalue weighted by Gasteiger charge is -2.40. The molecule has 0 saturated carbocycles. The summed E-state index contributed by atoms with van der Waals surface area (Å²) >= 11 is 0. The minimum atomic E-state index is 0.419. The molecule has 25 heavy (non-hydrogen) atoms. The average molecular weight is 350 g/mol. The lowest BCUT2D eigenvalue weighted by atomic mass is 9.83. The van der Waals surface area contributed by atoms with Crippen LogP contribution in [-0.2, 0) is 4.79 Å². The van der Waals surface area contributed by atoms with Gasteiger partial charge in [-0.1, -0.05) is 13.3 Å². The SMILES string of the molecule is CC(CC(=O)N1CCCC(CN2CCCCC2C)C1)C1CCNCC1. The van der Waals surface area contributed by atoms with Gasteiger partial charge in [-0.3, -0.25) is 4.79 Å². The first-order valence-electron chi connectivity index (χ1n) is 10.9. The summed E-state index contributed by atoms with van der Waals surface area (Å²) in [5, 5.41) is 3.43. The lowest BCUT2D eigenvalue weighted by molar-refractivity contribution is -0.134. The second-order valence-electron chi connectivity index (χ2n) is 8.96. The van der Waals surface area contributed by atoms with Gasteiger partial charge in [-0.05, 0) is 82.8 Å². The maximum absolute atomic E-state index is 12.8. The van der Waals surface area contributed by atoms with E-state index in [0.29, 0.717) is 17.7 Å². The summed E-state index contributed by atoms with van der Waals surface area (Å²) in [5.41, 5.74) is 0. The number of rotatable bonds is 5. The van der Waals surface area contributed by atoms with Crippen LogP contribution < -0.4 is 5.32 Å². The van der Waals surface area contributed by atoms with E-state index < -0.39 is 0 Å².